The number of hydrogen-bond acceptors (Lipinski definition) is 4. The van der Waals surface area contributed by atoms with Crippen LogP contribution in [0.1, 0.15) is 16.3 Å². The molecule has 6 heteroatoms. The first-order chi connectivity index (χ1) is 9.65. The number of carbonyl (C=O) groups excluding carboxylic acids is 1. The van der Waals surface area contributed by atoms with Gasteiger partial charge in [0.05, 0.1) is 17.2 Å². The molecule has 6 nitrogen and oxygen atoms in total. The third-order valence-electron chi connectivity index (χ3n) is 3.16. The Balaban J connectivity index is 1.90. The van der Waals surface area contributed by atoms with Crippen LogP contribution >= 0.6 is 0 Å². The predicted octanol–water partition coefficient (Wildman–Crippen LogP) is 1.92. The van der Waals surface area contributed by atoms with Gasteiger partial charge in [-0.25, -0.2) is 9.97 Å². The lowest BCUT2D eigenvalue weighted by Crippen LogP contribution is -2.13. The summed E-state index contributed by atoms with van der Waals surface area (Å²) in [7, 11) is 1.96. The van der Waals surface area contributed by atoms with Gasteiger partial charge < -0.3 is 9.88 Å². The Morgan fingerprint density at radius 2 is 2.15 bits per heavy atom. The van der Waals surface area contributed by atoms with Crippen molar-refractivity contribution in [2.75, 3.05) is 5.32 Å². The number of fused-ring (bicyclic) bond motifs is 1. The molecular weight excluding hydrogens is 254 g/mol. The van der Waals surface area contributed by atoms with Gasteiger partial charge in [0.15, 0.2) is 0 Å². The quantitative estimate of drug-likeness (QED) is 0.770. The van der Waals surface area contributed by atoms with E-state index in [2.05, 4.69) is 20.3 Å². The third-order valence-corrected chi connectivity index (χ3v) is 3.16. The molecule has 1 aromatic carbocycles. The normalized spacial score (nSPS) is 10.7. The average Bonchev–Trinajstić information content (AvgIpc) is 2.74. The number of amides is 1. The summed E-state index contributed by atoms with van der Waals surface area (Å²) in [6.07, 6.45) is 4.44. The molecule has 0 radical (unpaired) electrons. The van der Waals surface area contributed by atoms with Gasteiger partial charge in [0.1, 0.15) is 11.5 Å². The number of aromatic nitrogens is 4. The summed E-state index contributed by atoms with van der Waals surface area (Å²) >= 11 is 0. The van der Waals surface area contributed by atoms with Crippen LogP contribution in [0.3, 0.4) is 0 Å². The second-order valence-electron chi connectivity index (χ2n) is 4.47. The average molecular weight is 267 g/mol. The van der Waals surface area contributed by atoms with Crippen molar-refractivity contribution in [2.45, 2.75) is 6.92 Å². The zero-order chi connectivity index (χ0) is 14.1. The number of benzene rings is 1. The lowest BCUT2D eigenvalue weighted by Gasteiger charge is -2.04. The molecule has 3 aromatic rings. The van der Waals surface area contributed by atoms with Gasteiger partial charge in [-0.3, -0.25) is 9.78 Å². The molecule has 0 unspecified atom stereocenters. The van der Waals surface area contributed by atoms with Gasteiger partial charge in [0, 0.05) is 25.1 Å². The molecular formula is C14H13N5O. The van der Waals surface area contributed by atoms with E-state index in [0.717, 1.165) is 16.9 Å². The van der Waals surface area contributed by atoms with Crippen molar-refractivity contribution in [3.05, 3.63) is 48.3 Å². The van der Waals surface area contributed by atoms with Crippen molar-refractivity contribution in [2.24, 2.45) is 7.05 Å². The Bertz CT molecular complexity index is 779. The van der Waals surface area contributed by atoms with E-state index >= 15 is 0 Å². The zero-order valence-electron chi connectivity index (χ0n) is 11.2. The second-order valence-corrected chi connectivity index (χ2v) is 4.47. The summed E-state index contributed by atoms with van der Waals surface area (Å²) < 4.78 is 2.00. The Kier molecular flexibility index (Phi) is 2.90. The van der Waals surface area contributed by atoms with E-state index in [1.165, 1.54) is 18.6 Å². The molecule has 0 fully saturated rings. The lowest BCUT2D eigenvalue weighted by molar-refractivity contribution is 0.102. The lowest BCUT2D eigenvalue weighted by atomic mass is 10.2. The molecule has 0 saturated carbocycles. The highest BCUT2D eigenvalue weighted by Crippen LogP contribution is 2.19. The second kappa shape index (κ2) is 4.73. The SMILES string of the molecule is Cc1nc2cc(NC(=O)c3cnccn3)ccc2n1C. The molecule has 0 spiro atoms. The largest absolute Gasteiger partial charge is 0.331 e. The van der Waals surface area contributed by atoms with Crippen molar-refractivity contribution in [3.63, 3.8) is 0 Å². The van der Waals surface area contributed by atoms with Crippen LogP contribution in [0.25, 0.3) is 11.0 Å². The number of nitrogens with one attached hydrogen (secondary N) is 1. The highest BCUT2D eigenvalue weighted by molar-refractivity contribution is 6.03. The van der Waals surface area contributed by atoms with Crippen LogP contribution in [-0.2, 0) is 7.05 Å². The molecule has 2 aromatic heterocycles. The summed E-state index contributed by atoms with van der Waals surface area (Å²) in [6, 6.07) is 5.62. The Morgan fingerprint density at radius 1 is 1.30 bits per heavy atom. The number of nitrogens with zero attached hydrogens (tertiary/aromatic N) is 4. The Morgan fingerprint density at radius 3 is 2.90 bits per heavy atom. The number of rotatable bonds is 2. The molecule has 0 atom stereocenters. The van der Waals surface area contributed by atoms with Crippen molar-refractivity contribution in [3.8, 4) is 0 Å². The summed E-state index contributed by atoms with van der Waals surface area (Å²) in [5.74, 6) is 0.641. The fourth-order valence-electron chi connectivity index (χ4n) is 2.01. The van der Waals surface area contributed by atoms with Gasteiger partial charge in [0.25, 0.3) is 5.91 Å². The molecule has 1 N–H and O–H groups in total. The van der Waals surface area contributed by atoms with Gasteiger partial charge in [-0.2, -0.15) is 0 Å². The van der Waals surface area contributed by atoms with E-state index in [1.54, 1.807) is 0 Å². The monoisotopic (exact) mass is 267 g/mol. The van der Waals surface area contributed by atoms with Crippen LogP contribution in [0.2, 0.25) is 0 Å². The fraction of sp³-hybridized carbons (Fsp3) is 0.143. The summed E-state index contributed by atoms with van der Waals surface area (Å²) in [6.45, 7) is 1.94. The highest BCUT2D eigenvalue weighted by atomic mass is 16.1. The van der Waals surface area contributed by atoms with E-state index in [9.17, 15) is 4.79 Å². The van der Waals surface area contributed by atoms with E-state index in [-0.39, 0.29) is 11.6 Å². The smallest absolute Gasteiger partial charge is 0.275 e. The van der Waals surface area contributed by atoms with Crippen molar-refractivity contribution in [1.29, 1.82) is 0 Å². The van der Waals surface area contributed by atoms with Crippen LogP contribution < -0.4 is 5.32 Å². The first-order valence-corrected chi connectivity index (χ1v) is 6.15. The van der Waals surface area contributed by atoms with E-state index in [0.29, 0.717) is 5.69 Å². The molecule has 100 valence electrons. The molecule has 0 aliphatic carbocycles. The molecule has 0 aliphatic heterocycles. The first-order valence-electron chi connectivity index (χ1n) is 6.15. The van der Waals surface area contributed by atoms with E-state index in [4.69, 9.17) is 0 Å². The Hall–Kier alpha value is -2.76. The van der Waals surface area contributed by atoms with Crippen molar-refractivity contribution < 1.29 is 4.79 Å². The molecule has 0 bridgehead atoms. The molecule has 3 rings (SSSR count). The predicted molar refractivity (Wildman–Crippen MR) is 75.4 cm³/mol. The van der Waals surface area contributed by atoms with Crippen LogP contribution in [0, 0.1) is 6.92 Å². The van der Waals surface area contributed by atoms with Crippen LogP contribution in [0.15, 0.2) is 36.8 Å². The topological polar surface area (TPSA) is 72.7 Å². The van der Waals surface area contributed by atoms with E-state index in [1.807, 2.05) is 36.7 Å². The summed E-state index contributed by atoms with van der Waals surface area (Å²) in [5.41, 5.74) is 2.85. The van der Waals surface area contributed by atoms with E-state index < -0.39 is 0 Å². The molecule has 0 saturated heterocycles. The van der Waals surface area contributed by atoms with Crippen LogP contribution in [0.4, 0.5) is 5.69 Å². The standard InChI is InChI=1S/C14H13N5O/c1-9-17-11-7-10(3-4-13(11)19(9)2)18-14(20)12-8-15-5-6-16-12/h3-8H,1-2H3,(H,18,20). The number of imidazole rings is 1. The summed E-state index contributed by atoms with van der Waals surface area (Å²) in [4.78, 5) is 24.3. The third kappa shape index (κ3) is 2.11. The van der Waals surface area contributed by atoms with Gasteiger partial charge >= 0.3 is 0 Å². The molecule has 1 amide bonds. The highest BCUT2D eigenvalue weighted by Gasteiger charge is 2.09. The van der Waals surface area contributed by atoms with Crippen molar-refractivity contribution >= 4 is 22.6 Å². The number of anilines is 1. The minimum Gasteiger partial charge on any atom is -0.331 e. The first kappa shape index (κ1) is 12.3. The maximum atomic E-state index is 12.0. The number of aryl methyl sites for hydroxylation is 2. The van der Waals surface area contributed by atoms with Gasteiger partial charge in [-0.05, 0) is 25.1 Å². The zero-order valence-corrected chi connectivity index (χ0v) is 11.2. The van der Waals surface area contributed by atoms with Crippen LogP contribution in [-0.4, -0.2) is 25.4 Å². The summed E-state index contributed by atoms with van der Waals surface area (Å²) in [5, 5.41) is 2.79. The van der Waals surface area contributed by atoms with Gasteiger partial charge in [-0.15, -0.1) is 0 Å². The molecule has 0 aliphatic rings. The minimum absolute atomic E-state index is 0.282. The van der Waals surface area contributed by atoms with Crippen LogP contribution in [0.5, 0.6) is 0 Å². The number of carbonyl (C=O) groups is 1. The Labute approximate surface area is 115 Å². The maximum Gasteiger partial charge on any atom is 0.275 e. The maximum absolute atomic E-state index is 12.0. The molecule has 2 heterocycles. The van der Waals surface area contributed by atoms with Crippen molar-refractivity contribution in [1.82, 2.24) is 19.5 Å². The number of hydrogen-bond donors (Lipinski definition) is 1. The molecule has 20 heavy (non-hydrogen) atoms. The van der Waals surface area contributed by atoms with Gasteiger partial charge in [-0.1, -0.05) is 0 Å². The van der Waals surface area contributed by atoms with Gasteiger partial charge in [0.2, 0.25) is 0 Å². The fourth-order valence-corrected chi connectivity index (χ4v) is 2.01. The minimum atomic E-state index is -0.287.